The molecule has 0 radical (unpaired) electrons. The van der Waals surface area contributed by atoms with Gasteiger partial charge in [-0.25, -0.2) is 4.79 Å². The van der Waals surface area contributed by atoms with Crippen LogP contribution in [0.2, 0.25) is 0 Å². The highest BCUT2D eigenvalue weighted by molar-refractivity contribution is 5.69. The molecule has 0 saturated carbocycles. The van der Waals surface area contributed by atoms with Crippen LogP contribution in [0, 0.1) is 0 Å². The SMILES string of the molecule is C/C=C\C1(O)CC2COCC(C1)N2C(=O)OCc1ccccc1. The monoisotopic (exact) mass is 317 g/mol. The van der Waals surface area contributed by atoms with Crippen LogP contribution in [0.25, 0.3) is 0 Å². The first-order valence-corrected chi connectivity index (χ1v) is 8.04. The summed E-state index contributed by atoms with van der Waals surface area (Å²) in [5.41, 5.74) is 0.106. The van der Waals surface area contributed by atoms with E-state index in [9.17, 15) is 9.90 Å². The number of aliphatic hydroxyl groups is 1. The summed E-state index contributed by atoms with van der Waals surface area (Å²) in [6, 6.07) is 9.34. The van der Waals surface area contributed by atoms with Crippen LogP contribution in [-0.4, -0.2) is 47.0 Å². The Morgan fingerprint density at radius 1 is 1.35 bits per heavy atom. The molecule has 2 saturated heterocycles. The van der Waals surface area contributed by atoms with E-state index in [1.54, 1.807) is 4.90 Å². The number of rotatable bonds is 3. The lowest BCUT2D eigenvalue weighted by molar-refractivity contribution is -0.117. The van der Waals surface area contributed by atoms with E-state index in [-0.39, 0.29) is 24.8 Å². The molecule has 2 unspecified atom stereocenters. The second-order valence-electron chi connectivity index (χ2n) is 6.30. The number of amides is 1. The summed E-state index contributed by atoms with van der Waals surface area (Å²) in [7, 11) is 0. The van der Waals surface area contributed by atoms with E-state index >= 15 is 0 Å². The zero-order valence-corrected chi connectivity index (χ0v) is 13.4. The van der Waals surface area contributed by atoms with Crippen LogP contribution in [0.4, 0.5) is 4.79 Å². The molecule has 1 N–H and O–H groups in total. The van der Waals surface area contributed by atoms with Crippen molar-refractivity contribution >= 4 is 6.09 Å². The van der Waals surface area contributed by atoms with E-state index in [0.29, 0.717) is 26.1 Å². The van der Waals surface area contributed by atoms with Crippen molar-refractivity contribution in [3.63, 3.8) is 0 Å². The molecule has 5 heteroatoms. The van der Waals surface area contributed by atoms with Crippen molar-refractivity contribution in [2.24, 2.45) is 0 Å². The van der Waals surface area contributed by atoms with Gasteiger partial charge in [-0.05, 0) is 12.5 Å². The molecule has 2 bridgehead atoms. The van der Waals surface area contributed by atoms with Crippen molar-refractivity contribution in [2.75, 3.05) is 13.2 Å². The van der Waals surface area contributed by atoms with Gasteiger partial charge in [-0.15, -0.1) is 0 Å². The number of allylic oxidation sites excluding steroid dienone is 1. The largest absolute Gasteiger partial charge is 0.445 e. The molecule has 23 heavy (non-hydrogen) atoms. The van der Waals surface area contributed by atoms with Crippen molar-refractivity contribution in [1.29, 1.82) is 0 Å². The van der Waals surface area contributed by atoms with Crippen LogP contribution >= 0.6 is 0 Å². The standard InChI is InChI=1S/C18H23NO4/c1-2-8-18(21)9-15-12-22-13-16(10-18)19(15)17(20)23-11-14-6-4-3-5-7-14/h2-8,15-16,21H,9-13H2,1H3/b8-2-. The Morgan fingerprint density at radius 2 is 2.00 bits per heavy atom. The van der Waals surface area contributed by atoms with Gasteiger partial charge in [0.15, 0.2) is 0 Å². The van der Waals surface area contributed by atoms with Gasteiger partial charge < -0.3 is 14.6 Å². The minimum absolute atomic E-state index is 0.146. The van der Waals surface area contributed by atoms with Gasteiger partial charge in [-0.3, -0.25) is 4.90 Å². The predicted octanol–water partition coefficient (Wildman–Crippen LogP) is 2.49. The van der Waals surface area contributed by atoms with E-state index < -0.39 is 5.60 Å². The number of carbonyl (C=O) groups is 1. The third-order valence-corrected chi connectivity index (χ3v) is 4.48. The van der Waals surface area contributed by atoms with Crippen LogP contribution in [0.3, 0.4) is 0 Å². The van der Waals surface area contributed by atoms with Gasteiger partial charge in [0.05, 0.1) is 30.9 Å². The lowest BCUT2D eigenvalue weighted by Crippen LogP contribution is -2.63. The smallest absolute Gasteiger partial charge is 0.410 e. The van der Waals surface area contributed by atoms with E-state index in [1.165, 1.54) is 0 Å². The van der Waals surface area contributed by atoms with Gasteiger partial charge >= 0.3 is 6.09 Å². The van der Waals surface area contributed by atoms with Crippen molar-refractivity contribution in [1.82, 2.24) is 4.90 Å². The van der Waals surface area contributed by atoms with Crippen molar-refractivity contribution in [3.05, 3.63) is 48.0 Å². The number of nitrogens with zero attached hydrogens (tertiary/aromatic N) is 1. The molecule has 124 valence electrons. The van der Waals surface area contributed by atoms with E-state index in [0.717, 1.165) is 5.56 Å². The number of hydrogen-bond acceptors (Lipinski definition) is 4. The van der Waals surface area contributed by atoms with Gasteiger partial charge in [-0.2, -0.15) is 0 Å². The molecule has 1 aromatic carbocycles. The molecule has 0 aromatic heterocycles. The number of hydrogen-bond donors (Lipinski definition) is 1. The number of morpholine rings is 1. The molecule has 2 aliphatic heterocycles. The fraction of sp³-hybridized carbons (Fsp3) is 0.500. The number of carbonyl (C=O) groups excluding carboxylic acids is 1. The van der Waals surface area contributed by atoms with E-state index in [1.807, 2.05) is 49.4 Å². The lowest BCUT2D eigenvalue weighted by Gasteiger charge is -2.50. The molecule has 2 fully saturated rings. The number of piperidine rings is 1. The maximum atomic E-state index is 12.5. The van der Waals surface area contributed by atoms with E-state index in [2.05, 4.69) is 0 Å². The van der Waals surface area contributed by atoms with Crippen LogP contribution in [0.1, 0.15) is 25.3 Å². The summed E-state index contributed by atoms with van der Waals surface area (Å²) in [5, 5.41) is 10.7. The molecule has 1 aromatic rings. The third kappa shape index (κ3) is 3.57. The Morgan fingerprint density at radius 3 is 2.61 bits per heavy atom. The average molecular weight is 317 g/mol. The lowest BCUT2D eigenvalue weighted by atomic mass is 9.81. The Bertz CT molecular complexity index is 558. The first-order chi connectivity index (χ1) is 11.1. The zero-order valence-electron chi connectivity index (χ0n) is 13.4. The van der Waals surface area contributed by atoms with Crippen LogP contribution in [0.5, 0.6) is 0 Å². The Hall–Kier alpha value is -1.85. The van der Waals surface area contributed by atoms with Gasteiger partial charge in [0, 0.05) is 12.8 Å². The van der Waals surface area contributed by atoms with Gasteiger partial charge in [0.25, 0.3) is 0 Å². The fourth-order valence-electron chi connectivity index (χ4n) is 3.55. The fourth-order valence-corrected chi connectivity index (χ4v) is 3.55. The third-order valence-electron chi connectivity index (χ3n) is 4.48. The molecular weight excluding hydrogens is 294 g/mol. The minimum atomic E-state index is -0.857. The Labute approximate surface area is 136 Å². The molecule has 2 atom stereocenters. The molecule has 3 rings (SSSR count). The summed E-state index contributed by atoms with van der Waals surface area (Å²) < 4.78 is 11.0. The summed E-state index contributed by atoms with van der Waals surface area (Å²) in [6.07, 6.45) is 4.32. The van der Waals surface area contributed by atoms with E-state index in [4.69, 9.17) is 9.47 Å². The summed E-state index contributed by atoms with van der Waals surface area (Å²) >= 11 is 0. The molecule has 2 heterocycles. The first-order valence-electron chi connectivity index (χ1n) is 8.04. The summed E-state index contributed by atoms with van der Waals surface area (Å²) in [5.74, 6) is 0. The second-order valence-corrected chi connectivity index (χ2v) is 6.30. The van der Waals surface area contributed by atoms with Crippen LogP contribution in [-0.2, 0) is 16.1 Å². The quantitative estimate of drug-likeness (QED) is 0.870. The number of ether oxygens (including phenoxy) is 2. The van der Waals surface area contributed by atoms with Gasteiger partial charge in [0.1, 0.15) is 6.61 Å². The molecule has 5 nitrogen and oxygen atoms in total. The first kappa shape index (κ1) is 16.0. The van der Waals surface area contributed by atoms with Crippen LogP contribution in [0.15, 0.2) is 42.5 Å². The maximum Gasteiger partial charge on any atom is 0.410 e. The highest BCUT2D eigenvalue weighted by Crippen LogP contribution is 2.35. The minimum Gasteiger partial charge on any atom is -0.445 e. The predicted molar refractivity (Wildman–Crippen MR) is 85.9 cm³/mol. The van der Waals surface area contributed by atoms with Crippen molar-refractivity contribution < 1.29 is 19.4 Å². The average Bonchev–Trinajstić information content (AvgIpc) is 2.53. The Balaban J connectivity index is 1.66. The normalized spacial score (nSPS) is 30.4. The highest BCUT2D eigenvalue weighted by Gasteiger charge is 2.47. The number of benzene rings is 1. The molecule has 0 spiro atoms. The second kappa shape index (κ2) is 6.72. The Kier molecular flexibility index (Phi) is 4.68. The van der Waals surface area contributed by atoms with Gasteiger partial charge in [-0.1, -0.05) is 42.5 Å². The number of fused-ring (bicyclic) bond motifs is 2. The maximum absolute atomic E-state index is 12.5. The molecule has 0 aliphatic carbocycles. The van der Waals surface area contributed by atoms with Crippen molar-refractivity contribution in [3.8, 4) is 0 Å². The highest BCUT2D eigenvalue weighted by atomic mass is 16.6. The van der Waals surface area contributed by atoms with Crippen LogP contribution < -0.4 is 0 Å². The van der Waals surface area contributed by atoms with Gasteiger partial charge in [0.2, 0.25) is 0 Å². The molecule has 1 amide bonds. The summed E-state index contributed by atoms with van der Waals surface area (Å²) in [4.78, 5) is 14.3. The molecule has 2 aliphatic rings. The molecular formula is C18H23NO4. The van der Waals surface area contributed by atoms with Crippen molar-refractivity contribution in [2.45, 2.75) is 44.1 Å². The zero-order chi connectivity index (χ0) is 16.3. The topological polar surface area (TPSA) is 59.0 Å². The summed E-state index contributed by atoms with van der Waals surface area (Å²) in [6.45, 7) is 3.04.